The first-order valence-corrected chi connectivity index (χ1v) is 7.65. The van der Waals surface area contributed by atoms with Crippen LogP contribution in [0.25, 0.3) is 0 Å². The quantitative estimate of drug-likeness (QED) is 0.924. The molecular weight excluding hydrogens is 274 g/mol. The molecule has 2 heterocycles. The fraction of sp³-hybridized carbons (Fsp3) is 0.625. The molecular formula is C16H22F2N2O. The van der Waals surface area contributed by atoms with E-state index in [1.807, 2.05) is 6.07 Å². The number of nitrogens with one attached hydrogen (secondary N) is 1. The molecule has 0 radical (unpaired) electrons. The van der Waals surface area contributed by atoms with Crippen LogP contribution in [0.1, 0.15) is 31.4 Å². The third kappa shape index (κ3) is 3.35. The SMILES string of the molecule is CC(c1cccc(OC(F)F)c1)N1C[C@@H]2CCCN[C@@H]2C1. The maximum absolute atomic E-state index is 12.3. The van der Waals surface area contributed by atoms with Gasteiger partial charge in [-0.2, -0.15) is 8.78 Å². The van der Waals surface area contributed by atoms with Crippen LogP contribution >= 0.6 is 0 Å². The second-order valence-electron chi connectivity index (χ2n) is 6.04. The number of benzene rings is 1. The predicted molar refractivity (Wildman–Crippen MR) is 77.6 cm³/mol. The minimum absolute atomic E-state index is 0.221. The van der Waals surface area contributed by atoms with E-state index in [0.29, 0.717) is 6.04 Å². The van der Waals surface area contributed by atoms with Crippen LogP contribution in [0.5, 0.6) is 5.75 Å². The van der Waals surface area contributed by atoms with Crippen molar-refractivity contribution in [2.24, 2.45) is 5.92 Å². The number of halogens is 2. The van der Waals surface area contributed by atoms with Crippen molar-refractivity contribution in [3.8, 4) is 5.75 Å². The van der Waals surface area contributed by atoms with E-state index in [4.69, 9.17) is 0 Å². The lowest BCUT2D eigenvalue weighted by atomic mass is 9.94. The summed E-state index contributed by atoms with van der Waals surface area (Å²) in [6.45, 7) is 2.60. The van der Waals surface area contributed by atoms with E-state index in [0.717, 1.165) is 31.1 Å². The van der Waals surface area contributed by atoms with Crippen molar-refractivity contribution in [2.75, 3.05) is 19.6 Å². The molecule has 3 rings (SSSR count). The summed E-state index contributed by atoms with van der Waals surface area (Å²) in [5, 5.41) is 3.59. The summed E-state index contributed by atoms with van der Waals surface area (Å²) in [4.78, 5) is 2.44. The zero-order valence-electron chi connectivity index (χ0n) is 12.3. The fourth-order valence-corrected chi connectivity index (χ4v) is 3.56. The lowest BCUT2D eigenvalue weighted by Gasteiger charge is -2.25. The van der Waals surface area contributed by atoms with Crippen molar-refractivity contribution in [3.05, 3.63) is 29.8 Å². The number of hydrogen-bond donors (Lipinski definition) is 1. The Labute approximate surface area is 124 Å². The predicted octanol–water partition coefficient (Wildman–Crippen LogP) is 3.03. The van der Waals surface area contributed by atoms with Crippen LogP contribution in [-0.4, -0.2) is 37.2 Å². The average Bonchev–Trinajstić information content (AvgIpc) is 2.90. The van der Waals surface area contributed by atoms with E-state index in [2.05, 4.69) is 21.9 Å². The number of nitrogens with zero attached hydrogens (tertiary/aromatic N) is 1. The summed E-state index contributed by atoms with van der Waals surface area (Å²) < 4.78 is 29.1. The Hall–Kier alpha value is -1.20. The molecule has 0 spiro atoms. The van der Waals surface area contributed by atoms with Crippen LogP contribution in [0.3, 0.4) is 0 Å². The standard InChI is InChI=1S/C16H22F2N2O/c1-11(12-4-2-6-14(8-12)21-16(17)18)20-9-13-5-3-7-19-15(13)10-20/h2,4,6,8,11,13,15-16,19H,3,5,7,9-10H2,1H3/t11?,13-,15+/m0/s1. The molecule has 1 aromatic carbocycles. The zero-order chi connectivity index (χ0) is 14.8. The highest BCUT2D eigenvalue weighted by atomic mass is 19.3. The van der Waals surface area contributed by atoms with Gasteiger partial charge in [0.2, 0.25) is 0 Å². The molecule has 3 nitrogen and oxygen atoms in total. The van der Waals surface area contributed by atoms with E-state index in [-0.39, 0.29) is 11.8 Å². The minimum Gasteiger partial charge on any atom is -0.435 e. The van der Waals surface area contributed by atoms with Crippen LogP contribution in [-0.2, 0) is 0 Å². The van der Waals surface area contributed by atoms with E-state index >= 15 is 0 Å². The van der Waals surface area contributed by atoms with Crippen LogP contribution in [0.15, 0.2) is 24.3 Å². The highest BCUT2D eigenvalue weighted by Crippen LogP contribution is 2.32. The normalized spacial score (nSPS) is 27.6. The molecule has 0 amide bonds. The number of fused-ring (bicyclic) bond motifs is 1. The highest BCUT2D eigenvalue weighted by molar-refractivity contribution is 5.30. The molecule has 1 unspecified atom stereocenters. The molecule has 1 N–H and O–H groups in total. The van der Waals surface area contributed by atoms with Crippen molar-refractivity contribution in [1.29, 1.82) is 0 Å². The molecule has 1 aromatic rings. The van der Waals surface area contributed by atoms with Gasteiger partial charge < -0.3 is 10.1 Å². The summed E-state index contributed by atoms with van der Waals surface area (Å²) in [5.41, 5.74) is 1.03. The summed E-state index contributed by atoms with van der Waals surface area (Å²) in [7, 11) is 0. The van der Waals surface area contributed by atoms with E-state index in [9.17, 15) is 8.78 Å². The topological polar surface area (TPSA) is 24.5 Å². The molecule has 2 aliphatic heterocycles. The van der Waals surface area contributed by atoms with Crippen LogP contribution in [0.4, 0.5) is 8.78 Å². The van der Waals surface area contributed by atoms with Crippen molar-refractivity contribution in [1.82, 2.24) is 10.2 Å². The third-order valence-electron chi connectivity index (χ3n) is 4.74. The van der Waals surface area contributed by atoms with Gasteiger partial charge in [-0.25, -0.2) is 0 Å². The van der Waals surface area contributed by atoms with E-state index in [1.54, 1.807) is 18.2 Å². The van der Waals surface area contributed by atoms with Gasteiger partial charge in [0.1, 0.15) is 5.75 Å². The van der Waals surface area contributed by atoms with Gasteiger partial charge >= 0.3 is 6.61 Å². The number of alkyl halides is 2. The lowest BCUT2D eigenvalue weighted by Crippen LogP contribution is -2.40. The Morgan fingerprint density at radius 3 is 2.95 bits per heavy atom. The summed E-state index contributed by atoms with van der Waals surface area (Å²) in [5.74, 6) is 0.964. The lowest BCUT2D eigenvalue weighted by molar-refractivity contribution is -0.0499. The first kappa shape index (κ1) is 14.7. The Bertz CT molecular complexity index is 469. The third-order valence-corrected chi connectivity index (χ3v) is 4.74. The molecule has 2 saturated heterocycles. The number of rotatable bonds is 4. The number of hydrogen-bond acceptors (Lipinski definition) is 3. The van der Waals surface area contributed by atoms with Gasteiger partial charge in [-0.3, -0.25) is 4.90 Å². The summed E-state index contributed by atoms with van der Waals surface area (Å²) in [6, 6.07) is 7.88. The van der Waals surface area contributed by atoms with Crippen molar-refractivity contribution in [2.45, 2.75) is 38.5 Å². The van der Waals surface area contributed by atoms with E-state index < -0.39 is 6.61 Å². The monoisotopic (exact) mass is 296 g/mol. The van der Waals surface area contributed by atoms with Gasteiger partial charge in [-0.15, -0.1) is 0 Å². The van der Waals surface area contributed by atoms with Crippen LogP contribution in [0, 0.1) is 5.92 Å². The molecule has 0 aromatic heterocycles. The molecule has 116 valence electrons. The maximum Gasteiger partial charge on any atom is 0.387 e. The highest BCUT2D eigenvalue weighted by Gasteiger charge is 2.36. The van der Waals surface area contributed by atoms with Crippen molar-refractivity contribution in [3.63, 3.8) is 0 Å². The number of likely N-dealkylation sites (tertiary alicyclic amines) is 1. The number of piperidine rings is 1. The molecule has 3 atom stereocenters. The Balaban J connectivity index is 1.69. The molecule has 5 heteroatoms. The van der Waals surface area contributed by atoms with E-state index in [1.165, 1.54) is 12.8 Å². The minimum atomic E-state index is -2.77. The van der Waals surface area contributed by atoms with Gasteiger partial charge in [0.15, 0.2) is 0 Å². The van der Waals surface area contributed by atoms with Gasteiger partial charge in [0, 0.05) is 25.2 Å². The Morgan fingerprint density at radius 1 is 1.33 bits per heavy atom. The Kier molecular flexibility index (Phi) is 4.40. The van der Waals surface area contributed by atoms with Gasteiger partial charge in [-0.05, 0) is 49.9 Å². The Morgan fingerprint density at radius 2 is 2.19 bits per heavy atom. The average molecular weight is 296 g/mol. The van der Waals surface area contributed by atoms with Crippen molar-refractivity contribution >= 4 is 0 Å². The molecule has 0 saturated carbocycles. The fourth-order valence-electron chi connectivity index (χ4n) is 3.56. The summed E-state index contributed by atoms with van der Waals surface area (Å²) >= 11 is 0. The molecule has 21 heavy (non-hydrogen) atoms. The first-order valence-electron chi connectivity index (χ1n) is 7.65. The van der Waals surface area contributed by atoms with Crippen LogP contribution in [0.2, 0.25) is 0 Å². The maximum atomic E-state index is 12.3. The molecule has 2 aliphatic rings. The second-order valence-corrected chi connectivity index (χ2v) is 6.04. The number of ether oxygens (including phenoxy) is 1. The van der Waals surface area contributed by atoms with Gasteiger partial charge in [-0.1, -0.05) is 12.1 Å². The van der Waals surface area contributed by atoms with Gasteiger partial charge in [0.05, 0.1) is 0 Å². The van der Waals surface area contributed by atoms with Gasteiger partial charge in [0.25, 0.3) is 0 Å². The zero-order valence-corrected chi connectivity index (χ0v) is 12.3. The van der Waals surface area contributed by atoms with Crippen LogP contribution < -0.4 is 10.1 Å². The van der Waals surface area contributed by atoms with Crippen molar-refractivity contribution < 1.29 is 13.5 Å². The largest absolute Gasteiger partial charge is 0.435 e. The first-order chi connectivity index (χ1) is 10.1. The molecule has 0 bridgehead atoms. The summed E-state index contributed by atoms with van der Waals surface area (Å²) in [6.07, 6.45) is 2.54. The molecule has 0 aliphatic carbocycles. The molecule has 2 fully saturated rings. The second kappa shape index (κ2) is 6.28. The smallest absolute Gasteiger partial charge is 0.387 e.